The van der Waals surface area contributed by atoms with Gasteiger partial charge in [-0.25, -0.2) is 8.42 Å². The highest BCUT2D eigenvalue weighted by molar-refractivity contribution is 7.92. The Bertz CT molecular complexity index is 1930. The normalized spacial score (nSPS) is 13.9. The average molecular weight is 713 g/mol. The number of nitro groups is 1. The summed E-state index contributed by atoms with van der Waals surface area (Å²) in [4.78, 5) is 41.3. The maximum atomic E-state index is 14.8. The lowest BCUT2D eigenvalue weighted by molar-refractivity contribution is -0.385. The van der Waals surface area contributed by atoms with Gasteiger partial charge in [-0.1, -0.05) is 85.5 Å². The number of nitrogens with zero attached hydrogens (tertiary/aromatic N) is 3. The Labute approximate surface area is 299 Å². The summed E-state index contributed by atoms with van der Waals surface area (Å²) in [7, 11) is -3.06. The first-order chi connectivity index (χ1) is 24.5. The molecule has 1 aliphatic carbocycles. The third-order valence-electron chi connectivity index (χ3n) is 9.30. The number of nitrogens with one attached hydrogen (secondary N) is 1. The summed E-state index contributed by atoms with van der Waals surface area (Å²) in [5, 5.41) is 15.0. The molecule has 1 fully saturated rings. The molecule has 1 atom stereocenters. The van der Waals surface area contributed by atoms with Crippen LogP contribution < -0.4 is 14.4 Å². The van der Waals surface area contributed by atoms with Gasteiger partial charge >= 0.3 is 0 Å². The number of hydrogen-bond donors (Lipinski definition) is 1. The Morgan fingerprint density at radius 3 is 2.20 bits per heavy atom. The summed E-state index contributed by atoms with van der Waals surface area (Å²) >= 11 is 0. The molecule has 0 aromatic heterocycles. The van der Waals surface area contributed by atoms with E-state index in [0.29, 0.717) is 11.3 Å². The van der Waals surface area contributed by atoms with Gasteiger partial charge in [0.25, 0.3) is 15.7 Å². The summed E-state index contributed by atoms with van der Waals surface area (Å²) in [6.45, 7) is 2.84. The summed E-state index contributed by atoms with van der Waals surface area (Å²) in [5.74, 6) is -0.452. The molecule has 11 nitrogen and oxygen atoms in total. The molecule has 5 rings (SSSR count). The number of nitro benzene ring substituents is 1. The van der Waals surface area contributed by atoms with Crippen LogP contribution in [0.15, 0.2) is 102 Å². The van der Waals surface area contributed by atoms with Gasteiger partial charge in [-0.05, 0) is 68.1 Å². The number of methoxy groups -OCH3 is 1. The van der Waals surface area contributed by atoms with Gasteiger partial charge in [0.05, 0.1) is 22.6 Å². The molecule has 268 valence electrons. The Morgan fingerprint density at radius 2 is 1.57 bits per heavy atom. The van der Waals surface area contributed by atoms with E-state index in [1.807, 2.05) is 61.5 Å². The van der Waals surface area contributed by atoms with Crippen LogP contribution in [0.1, 0.15) is 54.4 Å². The Kier molecular flexibility index (Phi) is 12.1. The Hall–Kier alpha value is -5.23. The van der Waals surface area contributed by atoms with Crippen LogP contribution in [0.4, 0.5) is 11.4 Å². The van der Waals surface area contributed by atoms with E-state index in [2.05, 4.69) is 5.32 Å². The summed E-state index contributed by atoms with van der Waals surface area (Å²) in [6.07, 6.45) is 5.02. The standard InChI is InChI=1S/C39H44N4O7S/c1-28-14-17-31(18-15-28)26-41(37(24-30-10-6-4-7-11-30)39(45)40-32-12-8-5-9-13-32)38(44)27-42(33-19-21-34(50-3)22-20-33)51(48,49)35-23-16-29(2)36(25-35)43(46)47/h4,6-7,10-11,14-23,25,32,37H,5,8-9,12-13,24,26-27H2,1-3H3,(H,40,45)/t37-/m0/s1. The molecular formula is C39H44N4O7S. The van der Waals surface area contributed by atoms with Gasteiger partial charge in [0.15, 0.2) is 0 Å². The van der Waals surface area contributed by atoms with Crippen LogP contribution in [0.25, 0.3) is 0 Å². The van der Waals surface area contributed by atoms with Crippen LogP contribution >= 0.6 is 0 Å². The lowest BCUT2D eigenvalue weighted by Crippen LogP contribution is -2.55. The van der Waals surface area contributed by atoms with Gasteiger partial charge in [0.1, 0.15) is 18.3 Å². The zero-order valence-corrected chi connectivity index (χ0v) is 30.0. The van der Waals surface area contributed by atoms with Crippen LogP contribution in [0, 0.1) is 24.0 Å². The zero-order chi connectivity index (χ0) is 36.5. The second-order valence-corrected chi connectivity index (χ2v) is 14.8. The fourth-order valence-electron chi connectivity index (χ4n) is 6.34. The highest BCUT2D eigenvalue weighted by atomic mass is 32.2. The van der Waals surface area contributed by atoms with Crippen molar-refractivity contribution in [2.24, 2.45) is 0 Å². The highest BCUT2D eigenvalue weighted by Gasteiger charge is 2.36. The van der Waals surface area contributed by atoms with E-state index in [1.165, 1.54) is 43.2 Å². The molecule has 0 heterocycles. The van der Waals surface area contributed by atoms with Gasteiger partial charge in [0, 0.05) is 30.6 Å². The SMILES string of the molecule is COc1ccc(N(CC(=O)N(Cc2ccc(C)cc2)[C@@H](Cc2ccccc2)C(=O)NC2CCCCC2)S(=O)(=O)c2ccc(C)c([N+](=O)[O-])c2)cc1. The minimum Gasteiger partial charge on any atom is -0.497 e. The molecule has 0 radical (unpaired) electrons. The Balaban J connectivity index is 1.59. The summed E-state index contributed by atoms with van der Waals surface area (Å²) in [6, 6.07) is 25.9. The number of amides is 2. The monoisotopic (exact) mass is 712 g/mol. The molecule has 0 unspecified atom stereocenters. The molecule has 1 saturated carbocycles. The van der Waals surface area contributed by atoms with Gasteiger partial charge < -0.3 is 15.0 Å². The van der Waals surface area contributed by atoms with Crippen molar-refractivity contribution in [3.05, 3.63) is 129 Å². The minimum absolute atomic E-state index is 0.0191. The number of rotatable bonds is 14. The molecule has 4 aromatic carbocycles. The highest BCUT2D eigenvalue weighted by Crippen LogP contribution is 2.30. The molecule has 4 aromatic rings. The number of benzene rings is 4. The number of ether oxygens (including phenoxy) is 1. The van der Waals surface area contributed by atoms with Crippen molar-refractivity contribution in [2.75, 3.05) is 18.0 Å². The predicted molar refractivity (Wildman–Crippen MR) is 196 cm³/mol. The fourth-order valence-corrected chi connectivity index (χ4v) is 7.77. The van der Waals surface area contributed by atoms with Crippen molar-refractivity contribution in [2.45, 2.75) is 75.9 Å². The lowest BCUT2D eigenvalue weighted by atomic mass is 9.94. The average Bonchev–Trinajstić information content (AvgIpc) is 3.13. The summed E-state index contributed by atoms with van der Waals surface area (Å²) < 4.78 is 35.0. The third-order valence-corrected chi connectivity index (χ3v) is 11.1. The van der Waals surface area contributed by atoms with Gasteiger partial charge in [0.2, 0.25) is 11.8 Å². The van der Waals surface area contributed by atoms with Crippen LogP contribution in [-0.4, -0.2) is 55.8 Å². The topological polar surface area (TPSA) is 139 Å². The van der Waals surface area contributed by atoms with E-state index in [0.717, 1.165) is 59.2 Å². The molecule has 1 N–H and O–H groups in total. The van der Waals surface area contributed by atoms with Crippen LogP contribution in [0.2, 0.25) is 0 Å². The minimum atomic E-state index is -4.54. The number of hydrogen-bond acceptors (Lipinski definition) is 7. The molecule has 12 heteroatoms. The number of carbonyl (C=O) groups excluding carboxylic acids is 2. The largest absolute Gasteiger partial charge is 0.497 e. The Morgan fingerprint density at radius 1 is 0.902 bits per heavy atom. The molecular weight excluding hydrogens is 669 g/mol. The third kappa shape index (κ3) is 9.31. The lowest BCUT2D eigenvalue weighted by Gasteiger charge is -2.35. The number of aryl methyl sites for hydroxylation is 2. The quantitative estimate of drug-likeness (QED) is 0.116. The van der Waals surface area contributed by atoms with E-state index in [1.54, 1.807) is 12.1 Å². The van der Waals surface area contributed by atoms with Crippen molar-refractivity contribution < 1.29 is 27.7 Å². The molecule has 0 saturated heterocycles. The maximum absolute atomic E-state index is 14.8. The summed E-state index contributed by atoms with van der Waals surface area (Å²) in [5.41, 5.74) is 2.72. The van der Waals surface area contributed by atoms with E-state index in [4.69, 9.17) is 4.74 Å². The molecule has 1 aliphatic rings. The van der Waals surface area contributed by atoms with Gasteiger partial charge in [-0.2, -0.15) is 0 Å². The van der Waals surface area contributed by atoms with Crippen LogP contribution in [0.5, 0.6) is 5.75 Å². The number of sulfonamides is 1. The van der Waals surface area contributed by atoms with E-state index in [9.17, 15) is 28.1 Å². The van der Waals surface area contributed by atoms with E-state index >= 15 is 0 Å². The molecule has 0 spiro atoms. The molecule has 0 bridgehead atoms. The predicted octanol–water partition coefficient (Wildman–Crippen LogP) is 6.50. The van der Waals surface area contributed by atoms with Crippen molar-refractivity contribution in [3.8, 4) is 5.75 Å². The molecule has 0 aliphatic heterocycles. The molecule has 2 amide bonds. The smallest absolute Gasteiger partial charge is 0.273 e. The van der Waals surface area contributed by atoms with Gasteiger partial charge in [-0.15, -0.1) is 0 Å². The van der Waals surface area contributed by atoms with Crippen molar-refractivity contribution in [1.82, 2.24) is 10.2 Å². The van der Waals surface area contributed by atoms with E-state index in [-0.39, 0.29) is 41.2 Å². The van der Waals surface area contributed by atoms with Crippen LogP contribution in [0.3, 0.4) is 0 Å². The van der Waals surface area contributed by atoms with E-state index < -0.39 is 33.4 Å². The number of anilines is 1. The van der Waals surface area contributed by atoms with Crippen LogP contribution in [-0.2, 0) is 32.6 Å². The number of carbonyl (C=O) groups is 2. The maximum Gasteiger partial charge on any atom is 0.273 e. The zero-order valence-electron chi connectivity index (χ0n) is 29.2. The first kappa shape index (κ1) is 37.0. The van der Waals surface area contributed by atoms with Crippen molar-refractivity contribution in [3.63, 3.8) is 0 Å². The first-order valence-electron chi connectivity index (χ1n) is 17.1. The molecule has 51 heavy (non-hydrogen) atoms. The second-order valence-electron chi connectivity index (χ2n) is 13.0. The second kappa shape index (κ2) is 16.7. The fraction of sp³-hybridized carbons (Fsp3) is 0.333. The van der Waals surface area contributed by atoms with Gasteiger partial charge in [-0.3, -0.25) is 24.0 Å². The van der Waals surface area contributed by atoms with Crippen molar-refractivity contribution >= 4 is 33.2 Å². The van der Waals surface area contributed by atoms with Crippen molar-refractivity contribution in [1.29, 1.82) is 0 Å². The first-order valence-corrected chi connectivity index (χ1v) is 18.5.